The molecule has 16 heavy (non-hydrogen) atoms. The number of rotatable bonds is 0. The number of aryl methyl sites for hydroxylation is 1. The predicted octanol–water partition coefficient (Wildman–Crippen LogP) is 1.70. The van der Waals surface area contributed by atoms with Crippen LogP contribution in [-0.2, 0) is 15.0 Å². The molecule has 1 aliphatic carbocycles. The van der Waals surface area contributed by atoms with Crippen LogP contribution in [0.1, 0.15) is 5.56 Å². The first-order valence-electron chi connectivity index (χ1n) is 4.93. The molecule has 0 fully saturated rings. The Balaban J connectivity index is 2.72. The van der Waals surface area contributed by atoms with Crippen LogP contribution in [0.15, 0.2) is 42.3 Å². The van der Waals surface area contributed by atoms with Gasteiger partial charge in [0.2, 0.25) is 0 Å². The van der Waals surface area contributed by atoms with Crippen molar-refractivity contribution in [2.75, 3.05) is 0 Å². The van der Waals surface area contributed by atoms with Gasteiger partial charge in [0.05, 0.1) is 0 Å². The molecule has 0 heterocycles. The van der Waals surface area contributed by atoms with Crippen LogP contribution in [0.5, 0.6) is 0 Å². The second-order valence-corrected chi connectivity index (χ2v) is 4.28. The molecule has 84 valence electrons. The standard InChI is InChI=1S/C14H11F.Ni/c1-10-3-8-14(11(2)9-10)12-4-6-13(15)7-5-12;/h3-4,6-9H,2H2,1H3;/b14-12-;. The number of halogens is 1. The van der Waals surface area contributed by atoms with Gasteiger partial charge >= 0.3 is 101 Å². The molecule has 0 bridgehead atoms. The molecule has 0 N–H and O–H groups in total. The number of hydrogen-bond acceptors (Lipinski definition) is 0. The van der Waals surface area contributed by atoms with Gasteiger partial charge in [-0.15, -0.1) is 0 Å². The minimum atomic E-state index is -0.289. The molecule has 2 heteroatoms. The second kappa shape index (κ2) is 4.31. The molecule has 1 aromatic carbocycles. The van der Waals surface area contributed by atoms with E-state index in [-0.39, 0.29) is 5.83 Å². The molecule has 0 saturated carbocycles. The third-order valence-electron chi connectivity index (χ3n) is 2.46. The summed E-state index contributed by atoms with van der Waals surface area (Å²) in [5.41, 5.74) is 2.04. The van der Waals surface area contributed by atoms with Gasteiger partial charge in [0.15, 0.2) is 0 Å². The Labute approximate surface area is 101 Å². The van der Waals surface area contributed by atoms with E-state index in [2.05, 4.69) is 6.58 Å². The monoisotopic (exact) mass is 256 g/mol. The molecular formula is C14H11FNi. The molecule has 2 rings (SSSR count). The van der Waals surface area contributed by atoms with Gasteiger partial charge in [0.1, 0.15) is 0 Å². The van der Waals surface area contributed by atoms with E-state index in [1.54, 1.807) is 6.08 Å². The normalized spacial score (nSPS) is 18.8. The van der Waals surface area contributed by atoms with Crippen molar-refractivity contribution in [3.8, 4) is 0 Å². The van der Waals surface area contributed by atoms with Crippen molar-refractivity contribution in [1.82, 2.24) is 0 Å². The van der Waals surface area contributed by atoms with Crippen molar-refractivity contribution in [2.24, 2.45) is 0 Å². The topological polar surface area (TPSA) is 0 Å². The number of hydrogen-bond donors (Lipinski definition) is 0. The van der Waals surface area contributed by atoms with Crippen LogP contribution in [0.2, 0.25) is 0 Å². The van der Waals surface area contributed by atoms with Gasteiger partial charge in [-0.2, -0.15) is 0 Å². The summed E-state index contributed by atoms with van der Waals surface area (Å²) < 4.78 is 13.5. The fraction of sp³-hybridized carbons (Fsp3) is 0.0714. The maximum absolute atomic E-state index is 13.0. The summed E-state index contributed by atoms with van der Waals surface area (Å²) in [4.78, 5) is 0. The Morgan fingerprint density at radius 3 is 2.62 bits per heavy atom. The molecule has 0 nitrogen and oxygen atoms in total. The van der Waals surface area contributed by atoms with Crippen LogP contribution in [0.4, 0.5) is 4.39 Å². The van der Waals surface area contributed by atoms with Crippen molar-refractivity contribution in [2.45, 2.75) is 6.92 Å². The summed E-state index contributed by atoms with van der Waals surface area (Å²) in [7, 11) is 0. The van der Waals surface area contributed by atoms with Gasteiger partial charge in [-0.1, -0.05) is 0 Å². The first-order chi connectivity index (χ1) is 7.58. The molecule has 0 atom stereocenters. The first-order valence-corrected chi connectivity index (χ1v) is 5.42. The van der Waals surface area contributed by atoms with E-state index in [0.29, 0.717) is 4.49 Å². The molecule has 0 aromatic heterocycles. The average molecular weight is 257 g/mol. The molecule has 1 aromatic rings. The van der Waals surface area contributed by atoms with Crippen LogP contribution in [-0.4, -0.2) is 4.49 Å². The molecule has 0 amide bonds. The van der Waals surface area contributed by atoms with Crippen LogP contribution < -0.4 is 10.4 Å². The van der Waals surface area contributed by atoms with E-state index in [1.807, 2.05) is 25.1 Å². The van der Waals surface area contributed by atoms with Gasteiger partial charge in [-0.05, 0) is 0 Å². The van der Waals surface area contributed by atoms with E-state index >= 15 is 0 Å². The Morgan fingerprint density at radius 2 is 2.00 bits per heavy atom. The molecular weight excluding hydrogens is 246 g/mol. The summed E-state index contributed by atoms with van der Waals surface area (Å²) in [6.45, 7) is 6.00. The van der Waals surface area contributed by atoms with Crippen molar-refractivity contribution >= 4 is 16.6 Å². The third-order valence-corrected chi connectivity index (χ3v) is 2.87. The van der Waals surface area contributed by atoms with Gasteiger partial charge in [-0.3, -0.25) is 0 Å². The van der Waals surface area contributed by atoms with Crippen molar-refractivity contribution in [3.05, 3.63) is 58.3 Å². The van der Waals surface area contributed by atoms with E-state index < -0.39 is 0 Å². The maximum atomic E-state index is 13.0. The van der Waals surface area contributed by atoms with Crippen molar-refractivity contribution in [3.63, 3.8) is 0 Å². The summed E-state index contributed by atoms with van der Waals surface area (Å²) >= 11 is 4.82. The Kier molecular flexibility index (Phi) is 3.02. The zero-order valence-corrected chi connectivity index (χ0v) is 9.85. The second-order valence-electron chi connectivity index (χ2n) is 3.75. The Bertz CT molecular complexity index is 621. The summed E-state index contributed by atoms with van der Waals surface area (Å²) in [5, 5.41) is 1.90. The van der Waals surface area contributed by atoms with Crippen LogP contribution in [0, 0.1) is 6.92 Å². The zero-order chi connectivity index (χ0) is 11.7. The molecule has 0 radical (unpaired) electrons. The first kappa shape index (κ1) is 11.2. The fourth-order valence-corrected chi connectivity index (χ4v) is 2.02. The molecule has 0 spiro atoms. The average Bonchev–Trinajstić information content (AvgIpc) is 2.19. The van der Waals surface area contributed by atoms with Crippen molar-refractivity contribution in [1.29, 1.82) is 0 Å². The van der Waals surface area contributed by atoms with Gasteiger partial charge < -0.3 is 0 Å². The van der Waals surface area contributed by atoms with E-state index in [1.165, 1.54) is 12.2 Å². The van der Waals surface area contributed by atoms with Crippen LogP contribution in [0.25, 0.3) is 12.2 Å². The van der Waals surface area contributed by atoms with E-state index in [9.17, 15) is 4.39 Å². The number of allylic oxidation sites excluding steroid dienone is 4. The Morgan fingerprint density at radius 1 is 1.25 bits per heavy atom. The quantitative estimate of drug-likeness (QED) is 0.620. The minimum absolute atomic E-state index is 0.289. The number of benzene rings is 1. The van der Waals surface area contributed by atoms with Gasteiger partial charge in [0, 0.05) is 0 Å². The van der Waals surface area contributed by atoms with Crippen molar-refractivity contribution < 1.29 is 19.4 Å². The van der Waals surface area contributed by atoms with E-state index in [4.69, 9.17) is 15.0 Å². The summed E-state index contributed by atoms with van der Waals surface area (Å²) in [6.07, 6.45) is 4.53. The molecule has 0 unspecified atom stereocenters. The Hall–Kier alpha value is -1.27. The molecule has 0 saturated heterocycles. The van der Waals surface area contributed by atoms with Gasteiger partial charge in [0.25, 0.3) is 0 Å². The predicted molar refractivity (Wildman–Crippen MR) is 62.7 cm³/mol. The summed E-state index contributed by atoms with van der Waals surface area (Å²) in [5.74, 6) is -0.289. The molecule has 0 aliphatic heterocycles. The van der Waals surface area contributed by atoms with Crippen LogP contribution >= 0.6 is 0 Å². The fourth-order valence-electron chi connectivity index (χ4n) is 1.67. The van der Waals surface area contributed by atoms with E-state index in [0.717, 1.165) is 21.6 Å². The van der Waals surface area contributed by atoms with Crippen LogP contribution in [0.3, 0.4) is 0 Å². The third kappa shape index (κ3) is 2.12. The molecule has 1 aliphatic rings. The zero-order valence-electron chi connectivity index (χ0n) is 8.87. The summed E-state index contributed by atoms with van der Waals surface area (Å²) in [6, 6.07) is 5.98. The van der Waals surface area contributed by atoms with Gasteiger partial charge in [-0.25, -0.2) is 0 Å². The SMILES string of the molecule is C=c1cc(C)cc/c1=C1\C=CC(F)=C[C]1=[Ni].